The summed E-state index contributed by atoms with van der Waals surface area (Å²) in [6.45, 7) is 0.341. The summed E-state index contributed by atoms with van der Waals surface area (Å²) in [6, 6.07) is 8.32. The van der Waals surface area contributed by atoms with E-state index in [2.05, 4.69) is 5.32 Å². The highest BCUT2D eigenvalue weighted by Gasteiger charge is 2.37. The van der Waals surface area contributed by atoms with Gasteiger partial charge in [0, 0.05) is 33.2 Å². The van der Waals surface area contributed by atoms with Crippen molar-refractivity contribution >= 4 is 58.2 Å². The van der Waals surface area contributed by atoms with Crippen LogP contribution in [0.5, 0.6) is 0 Å². The van der Waals surface area contributed by atoms with Crippen LogP contribution in [0.25, 0.3) is 0 Å². The van der Waals surface area contributed by atoms with E-state index in [1.807, 2.05) is 6.26 Å². The number of thioether (sulfide) groups is 1. The molecule has 152 valence electrons. The topological polar surface area (TPSA) is 92.6 Å². The van der Waals surface area contributed by atoms with E-state index < -0.39 is 22.8 Å². The molecule has 0 bridgehead atoms. The first-order chi connectivity index (χ1) is 13.8. The maximum absolute atomic E-state index is 13.1. The predicted molar refractivity (Wildman–Crippen MR) is 114 cm³/mol. The standard InChI is InChI=1S/C19H17Cl2N3O4S/c1-29-14-4-5-16(24(27)28)15(10-14)19(26)23-6-2-3-17(23)18(25)22-13-8-11(20)7-12(21)9-13/h4-5,7-10,17H,2-3,6H2,1H3,(H,22,25). The van der Waals surface area contributed by atoms with Crippen molar-refractivity contribution in [1.29, 1.82) is 0 Å². The lowest BCUT2D eigenvalue weighted by atomic mass is 10.1. The van der Waals surface area contributed by atoms with Gasteiger partial charge in [-0.1, -0.05) is 23.2 Å². The number of nitro benzene ring substituents is 1. The van der Waals surface area contributed by atoms with E-state index in [0.717, 1.165) is 4.90 Å². The monoisotopic (exact) mass is 453 g/mol. The number of nitrogens with zero attached hydrogens (tertiary/aromatic N) is 2. The summed E-state index contributed by atoms with van der Waals surface area (Å²) < 4.78 is 0. The van der Waals surface area contributed by atoms with Gasteiger partial charge in [0.1, 0.15) is 11.6 Å². The van der Waals surface area contributed by atoms with Crippen LogP contribution in [0.2, 0.25) is 10.0 Å². The van der Waals surface area contributed by atoms with E-state index in [9.17, 15) is 19.7 Å². The van der Waals surface area contributed by atoms with E-state index >= 15 is 0 Å². The van der Waals surface area contributed by atoms with Crippen LogP contribution in [0.4, 0.5) is 11.4 Å². The molecule has 7 nitrogen and oxygen atoms in total. The predicted octanol–water partition coefficient (Wildman–Crippen LogP) is 4.87. The molecule has 1 unspecified atom stereocenters. The Kier molecular flexibility index (Phi) is 6.66. The molecule has 1 atom stereocenters. The molecule has 29 heavy (non-hydrogen) atoms. The van der Waals surface area contributed by atoms with Gasteiger partial charge in [0.05, 0.1) is 4.92 Å². The molecule has 0 saturated carbocycles. The minimum Gasteiger partial charge on any atom is -0.326 e. The molecule has 0 aliphatic carbocycles. The average Bonchev–Trinajstić information content (AvgIpc) is 3.16. The number of halogens is 2. The summed E-state index contributed by atoms with van der Waals surface area (Å²) in [6.07, 6.45) is 2.90. The quantitative estimate of drug-likeness (QED) is 0.396. The molecule has 10 heteroatoms. The summed E-state index contributed by atoms with van der Waals surface area (Å²) in [5.41, 5.74) is 0.120. The van der Waals surface area contributed by atoms with Gasteiger partial charge >= 0.3 is 0 Å². The maximum Gasteiger partial charge on any atom is 0.282 e. The third-order valence-corrected chi connectivity index (χ3v) is 5.74. The highest BCUT2D eigenvalue weighted by Crippen LogP contribution is 2.30. The number of anilines is 1. The molecule has 2 amide bonds. The number of rotatable bonds is 5. The lowest BCUT2D eigenvalue weighted by molar-refractivity contribution is -0.385. The van der Waals surface area contributed by atoms with Gasteiger partial charge in [0.25, 0.3) is 11.6 Å². The number of nitro groups is 1. The van der Waals surface area contributed by atoms with Crippen LogP contribution in [-0.4, -0.2) is 40.5 Å². The molecule has 1 heterocycles. The zero-order valence-corrected chi connectivity index (χ0v) is 17.7. The van der Waals surface area contributed by atoms with Gasteiger partial charge in [-0.25, -0.2) is 0 Å². The van der Waals surface area contributed by atoms with Crippen LogP contribution in [-0.2, 0) is 4.79 Å². The van der Waals surface area contributed by atoms with Crippen molar-refractivity contribution in [1.82, 2.24) is 4.90 Å². The van der Waals surface area contributed by atoms with Crippen molar-refractivity contribution in [2.45, 2.75) is 23.8 Å². The molecule has 2 aromatic carbocycles. The summed E-state index contributed by atoms with van der Waals surface area (Å²) in [5, 5.41) is 14.9. The lowest BCUT2D eigenvalue weighted by Gasteiger charge is -2.24. The molecule has 1 aliphatic heterocycles. The van der Waals surface area contributed by atoms with Crippen LogP contribution >= 0.6 is 35.0 Å². The summed E-state index contributed by atoms with van der Waals surface area (Å²) in [4.78, 5) is 38.8. The van der Waals surface area contributed by atoms with Crippen LogP contribution < -0.4 is 5.32 Å². The van der Waals surface area contributed by atoms with Crippen molar-refractivity contribution in [3.8, 4) is 0 Å². The number of carbonyl (C=O) groups is 2. The molecule has 1 aliphatic rings. The Morgan fingerprint density at radius 3 is 2.52 bits per heavy atom. The third kappa shape index (κ3) is 4.83. The fraction of sp³-hybridized carbons (Fsp3) is 0.263. The molecule has 0 spiro atoms. The number of amides is 2. The maximum atomic E-state index is 13.1. The molecule has 0 aromatic heterocycles. The normalized spacial score (nSPS) is 16.0. The van der Waals surface area contributed by atoms with E-state index in [-0.39, 0.29) is 11.3 Å². The molecule has 2 aromatic rings. The molecule has 1 N–H and O–H groups in total. The Hall–Kier alpha value is -2.29. The Balaban J connectivity index is 1.86. The fourth-order valence-corrected chi connectivity index (χ4v) is 4.23. The average molecular weight is 454 g/mol. The Bertz CT molecular complexity index is 966. The summed E-state index contributed by atoms with van der Waals surface area (Å²) >= 11 is 13.3. The van der Waals surface area contributed by atoms with Gasteiger partial charge < -0.3 is 10.2 Å². The first-order valence-corrected chi connectivity index (χ1v) is 10.7. The molecule has 0 radical (unpaired) electrons. The molecule has 1 saturated heterocycles. The second kappa shape index (κ2) is 9.02. The first-order valence-electron chi connectivity index (χ1n) is 8.70. The fourth-order valence-electron chi connectivity index (χ4n) is 3.26. The van der Waals surface area contributed by atoms with Gasteiger partial charge in [-0.2, -0.15) is 0 Å². The van der Waals surface area contributed by atoms with E-state index in [1.54, 1.807) is 24.3 Å². The van der Waals surface area contributed by atoms with Crippen LogP contribution in [0.3, 0.4) is 0 Å². The van der Waals surface area contributed by atoms with Gasteiger partial charge in [-0.3, -0.25) is 19.7 Å². The SMILES string of the molecule is CSc1ccc([N+](=O)[O-])c(C(=O)N2CCCC2C(=O)Nc2cc(Cl)cc(Cl)c2)c1. The van der Waals surface area contributed by atoms with E-state index in [1.165, 1.54) is 28.8 Å². The molecular weight excluding hydrogens is 437 g/mol. The third-order valence-electron chi connectivity index (χ3n) is 4.58. The highest BCUT2D eigenvalue weighted by molar-refractivity contribution is 7.98. The number of nitrogens with one attached hydrogen (secondary N) is 1. The molecular formula is C19H17Cl2N3O4S. The largest absolute Gasteiger partial charge is 0.326 e. The Labute approximate surface area is 181 Å². The Morgan fingerprint density at radius 2 is 1.90 bits per heavy atom. The summed E-state index contributed by atoms with van der Waals surface area (Å²) in [7, 11) is 0. The van der Waals surface area contributed by atoms with Crippen molar-refractivity contribution in [3.63, 3.8) is 0 Å². The van der Waals surface area contributed by atoms with Crippen molar-refractivity contribution < 1.29 is 14.5 Å². The van der Waals surface area contributed by atoms with Crippen LogP contribution in [0, 0.1) is 10.1 Å². The second-order valence-corrected chi connectivity index (χ2v) is 8.20. The Morgan fingerprint density at radius 1 is 1.21 bits per heavy atom. The van der Waals surface area contributed by atoms with E-state index in [0.29, 0.717) is 35.1 Å². The van der Waals surface area contributed by atoms with Gasteiger partial charge in [0.2, 0.25) is 5.91 Å². The zero-order valence-electron chi connectivity index (χ0n) is 15.4. The van der Waals surface area contributed by atoms with E-state index in [4.69, 9.17) is 23.2 Å². The van der Waals surface area contributed by atoms with Crippen LogP contribution in [0.1, 0.15) is 23.2 Å². The highest BCUT2D eigenvalue weighted by atomic mass is 35.5. The second-order valence-electron chi connectivity index (χ2n) is 6.44. The van der Waals surface area contributed by atoms with Gasteiger partial charge in [0.15, 0.2) is 0 Å². The minimum atomic E-state index is -0.738. The smallest absolute Gasteiger partial charge is 0.282 e. The zero-order chi connectivity index (χ0) is 21.1. The number of hydrogen-bond acceptors (Lipinski definition) is 5. The minimum absolute atomic E-state index is 0.0210. The molecule has 1 fully saturated rings. The number of hydrogen-bond donors (Lipinski definition) is 1. The van der Waals surface area contributed by atoms with Crippen molar-refractivity contribution in [2.75, 3.05) is 18.1 Å². The van der Waals surface area contributed by atoms with Crippen LogP contribution in [0.15, 0.2) is 41.3 Å². The van der Waals surface area contributed by atoms with Gasteiger partial charge in [-0.15, -0.1) is 11.8 Å². The lowest BCUT2D eigenvalue weighted by Crippen LogP contribution is -2.43. The number of benzene rings is 2. The molecule has 3 rings (SSSR count). The van der Waals surface area contributed by atoms with Crippen molar-refractivity contribution in [3.05, 3.63) is 62.1 Å². The number of carbonyl (C=O) groups excluding carboxylic acids is 2. The van der Waals surface area contributed by atoms with Crippen molar-refractivity contribution in [2.24, 2.45) is 0 Å². The number of likely N-dealkylation sites (tertiary alicyclic amines) is 1. The summed E-state index contributed by atoms with van der Waals surface area (Å²) in [5.74, 6) is -0.924. The van der Waals surface area contributed by atoms with Gasteiger partial charge in [-0.05, 0) is 49.4 Å². The first kappa shape index (κ1) is 21.4.